The second-order valence-corrected chi connectivity index (χ2v) is 4.91. The average Bonchev–Trinajstić information content (AvgIpc) is 2.26. The van der Waals surface area contributed by atoms with Gasteiger partial charge in [-0.25, -0.2) is 0 Å². The van der Waals surface area contributed by atoms with E-state index in [9.17, 15) is 0 Å². The van der Waals surface area contributed by atoms with Crippen LogP contribution in [0.4, 0.5) is 0 Å². The van der Waals surface area contributed by atoms with Gasteiger partial charge in [-0.1, -0.05) is 29.8 Å². The van der Waals surface area contributed by atoms with Crippen molar-refractivity contribution in [3.63, 3.8) is 0 Å². The number of halogens is 1. The predicted octanol–water partition coefficient (Wildman–Crippen LogP) is 2.95. The quantitative estimate of drug-likeness (QED) is 0.787. The van der Waals surface area contributed by atoms with E-state index in [2.05, 4.69) is 24.8 Å². The highest BCUT2D eigenvalue weighted by Gasteiger charge is 2.25. The summed E-state index contributed by atoms with van der Waals surface area (Å²) >= 11 is 6.18. The average molecular weight is 240 g/mol. The van der Waals surface area contributed by atoms with Crippen LogP contribution in [0.25, 0.3) is 0 Å². The summed E-state index contributed by atoms with van der Waals surface area (Å²) in [5.41, 5.74) is 1.20. The number of rotatable bonds is 2. The van der Waals surface area contributed by atoms with Crippen LogP contribution in [-0.4, -0.2) is 30.2 Å². The molecule has 1 aliphatic heterocycles. The monoisotopic (exact) mass is 239 g/mol. The molecule has 1 aromatic carbocycles. The van der Waals surface area contributed by atoms with Gasteiger partial charge in [0.05, 0.1) is 13.2 Å². The number of morpholine rings is 1. The minimum atomic E-state index is 0.458. The largest absolute Gasteiger partial charge is 0.378 e. The van der Waals surface area contributed by atoms with Crippen molar-refractivity contribution >= 4 is 11.6 Å². The molecule has 0 aliphatic carbocycles. The van der Waals surface area contributed by atoms with Crippen LogP contribution in [-0.2, 0) is 11.3 Å². The first kappa shape index (κ1) is 11.9. The molecular formula is C13H18ClNO. The van der Waals surface area contributed by atoms with E-state index in [1.807, 2.05) is 18.2 Å². The van der Waals surface area contributed by atoms with E-state index in [0.717, 1.165) is 24.8 Å². The molecule has 2 rings (SSSR count). The summed E-state index contributed by atoms with van der Waals surface area (Å²) in [6.07, 6.45) is 0. The lowest BCUT2D eigenvalue weighted by Gasteiger charge is -2.38. The van der Waals surface area contributed by atoms with Crippen molar-refractivity contribution in [3.8, 4) is 0 Å². The Bertz CT molecular complexity index is 346. The molecule has 1 heterocycles. The predicted molar refractivity (Wildman–Crippen MR) is 66.7 cm³/mol. The summed E-state index contributed by atoms with van der Waals surface area (Å²) in [4.78, 5) is 2.45. The molecule has 3 heteroatoms. The minimum absolute atomic E-state index is 0.458. The fourth-order valence-corrected chi connectivity index (χ4v) is 2.37. The van der Waals surface area contributed by atoms with Gasteiger partial charge in [0.25, 0.3) is 0 Å². The van der Waals surface area contributed by atoms with Gasteiger partial charge in [-0.2, -0.15) is 0 Å². The molecule has 0 spiro atoms. The van der Waals surface area contributed by atoms with Crippen LogP contribution in [0.5, 0.6) is 0 Å². The lowest BCUT2D eigenvalue weighted by molar-refractivity contribution is -0.0409. The number of hydrogen-bond acceptors (Lipinski definition) is 2. The molecule has 1 aliphatic rings. The van der Waals surface area contributed by atoms with Gasteiger partial charge < -0.3 is 4.74 Å². The third kappa shape index (κ3) is 2.57. The normalized spacial score (nSPS) is 26.9. The molecular weight excluding hydrogens is 222 g/mol. The van der Waals surface area contributed by atoms with Crippen molar-refractivity contribution in [2.45, 2.75) is 32.5 Å². The molecule has 2 unspecified atom stereocenters. The van der Waals surface area contributed by atoms with Gasteiger partial charge in [-0.15, -0.1) is 0 Å². The third-order valence-corrected chi connectivity index (χ3v) is 3.53. The maximum absolute atomic E-state index is 6.18. The molecule has 2 atom stereocenters. The van der Waals surface area contributed by atoms with E-state index in [1.54, 1.807) is 0 Å². The number of nitrogens with zero attached hydrogens (tertiary/aromatic N) is 1. The molecule has 1 saturated heterocycles. The molecule has 0 amide bonds. The molecule has 0 N–H and O–H groups in total. The second-order valence-electron chi connectivity index (χ2n) is 4.50. The van der Waals surface area contributed by atoms with Gasteiger partial charge in [0.1, 0.15) is 0 Å². The van der Waals surface area contributed by atoms with E-state index >= 15 is 0 Å². The Morgan fingerprint density at radius 2 is 1.88 bits per heavy atom. The summed E-state index contributed by atoms with van der Waals surface area (Å²) in [6.45, 7) is 6.94. The Kier molecular flexibility index (Phi) is 3.85. The lowest BCUT2D eigenvalue weighted by Crippen LogP contribution is -2.48. The van der Waals surface area contributed by atoms with Crippen LogP contribution in [0, 0.1) is 0 Å². The zero-order chi connectivity index (χ0) is 11.5. The molecule has 16 heavy (non-hydrogen) atoms. The van der Waals surface area contributed by atoms with Gasteiger partial charge in [0.2, 0.25) is 0 Å². The van der Waals surface area contributed by atoms with Gasteiger partial charge in [0, 0.05) is 23.7 Å². The Hall–Kier alpha value is -0.570. The molecule has 0 saturated carbocycles. The first-order valence-electron chi connectivity index (χ1n) is 5.75. The standard InChI is InChI=1S/C13H18ClNO/c1-10-8-16-9-11(2)15(10)7-12-5-3-4-6-13(12)14/h3-6,10-11H,7-9H2,1-2H3. The van der Waals surface area contributed by atoms with E-state index in [-0.39, 0.29) is 0 Å². The number of hydrogen-bond donors (Lipinski definition) is 0. The summed E-state index contributed by atoms with van der Waals surface area (Å²) in [7, 11) is 0. The van der Waals surface area contributed by atoms with Crippen molar-refractivity contribution in [2.24, 2.45) is 0 Å². The van der Waals surface area contributed by atoms with Crippen LogP contribution in [0.3, 0.4) is 0 Å². The minimum Gasteiger partial charge on any atom is -0.378 e. The van der Waals surface area contributed by atoms with E-state index in [0.29, 0.717) is 12.1 Å². The highest BCUT2D eigenvalue weighted by atomic mass is 35.5. The first-order valence-corrected chi connectivity index (χ1v) is 6.13. The molecule has 0 aromatic heterocycles. The highest BCUT2D eigenvalue weighted by molar-refractivity contribution is 6.31. The highest BCUT2D eigenvalue weighted by Crippen LogP contribution is 2.21. The number of benzene rings is 1. The van der Waals surface area contributed by atoms with Crippen molar-refractivity contribution in [1.29, 1.82) is 0 Å². The maximum Gasteiger partial charge on any atom is 0.0620 e. The van der Waals surface area contributed by atoms with Gasteiger partial charge in [-0.3, -0.25) is 4.90 Å². The van der Waals surface area contributed by atoms with Crippen molar-refractivity contribution < 1.29 is 4.74 Å². The summed E-state index contributed by atoms with van der Waals surface area (Å²) in [5, 5.41) is 0.855. The van der Waals surface area contributed by atoms with Crippen molar-refractivity contribution in [2.75, 3.05) is 13.2 Å². The Balaban J connectivity index is 2.11. The summed E-state index contributed by atoms with van der Waals surface area (Å²) in [5.74, 6) is 0. The van der Waals surface area contributed by atoms with Gasteiger partial charge in [-0.05, 0) is 25.5 Å². The van der Waals surface area contributed by atoms with E-state index < -0.39 is 0 Å². The molecule has 1 fully saturated rings. The third-order valence-electron chi connectivity index (χ3n) is 3.16. The number of ether oxygens (including phenoxy) is 1. The molecule has 88 valence electrons. The van der Waals surface area contributed by atoms with Crippen LogP contribution in [0.1, 0.15) is 19.4 Å². The van der Waals surface area contributed by atoms with Gasteiger partial charge in [0.15, 0.2) is 0 Å². The Morgan fingerprint density at radius 3 is 2.50 bits per heavy atom. The van der Waals surface area contributed by atoms with Crippen LogP contribution < -0.4 is 0 Å². The SMILES string of the molecule is CC1COCC(C)N1Cc1ccccc1Cl. The molecule has 0 radical (unpaired) electrons. The lowest BCUT2D eigenvalue weighted by atomic mass is 10.1. The van der Waals surface area contributed by atoms with Crippen LogP contribution in [0.2, 0.25) is 5.02 Å². The van der Waals surface area contributed by atoms with Crippen molar-refractivity contribution in [3.05, 3.63) is 34.9 Å². The molecule has 0 bridgehead atoms. The maximum atomic E-state index is 6.18. The Morgan fingerprint density at radius 1 is 1.25 bits per heavy atom. The van der Waals surface area contributed by atoms with Crippen LogP contribution in [0.15, 0.2) is 24.3 Å². The topological polar surface area (TPSA) is 12.5 Å². The van der Waals surface area contributed by atoms with Gasteiger partial charge >= 0.3 is 0 Å². The molecule has 2 nitrogen and oxygen atoms in total. The van der Waals surface area contributed by atoms with Crippen LogP contribution >= 0.6 is 11.6 Å². The second kappa shape index (κ2) is 5.17. The zero-order valence-electron chi connectivity index (χ0n) is 9.82. The van der Waals surface area contributed by atoms with E-state index in [1.165, 1.54) is 5.56 Å². The Labute approximate surface area is 102 Å². The summed E-state index contributed by atoms with van der Waals surface area (Å²) in [6, 6.07) is 8.97. The first-order chi connectivity index (χ1) is 7.68. The van der Waals surface area contributed by atoms with Crippen molar-refractivity contribution in [1.82, 2.24) is 4.90 Å². The van der Waals surface area contributed by atoms with E-state index in [4.69, 9.17) is 16.3 Å². The fraction of sp³-hybridized carbons (Fsp3) is 0.538. The smallest absolute Gasteiger partial charge is 0.0620 e. The molecule has 1 aromatic rings. The fourth-order valence-electron chi connectivity index (χ4n) is 2.17. The zero-order valence-corrected chi connectivity index (χ0v) is 10.6. The summed E-state index contributed by atoms with van der Waals surface area (Å²) < 4.78 is 5.52.